The fourth-order valence-corrected chi connectivity index (χ4v) is 3.38. The Bertz CT molecular complexity index is 331. The highest BCUT2D eigenvalue weighted by Crippen LogP contribution is 2.30. The maximum Gasteiger partial charge on any atom is 0.138 e. The monoisotopic (exact) mass is 251 g/mol. The van der Waals surface area contributed by atoms with Crippen LogP contribution >= 0.6 is 11.8 Å². The molecule has 1 aliphatic carbocycles. The molecule has 1 heterocycles. The third-order valence-electron chi connectivity index (χ3n) is 3.07. The fraction of sp³-hybridized carbons (Fsp3) is 0.692. The topological polar surface area (TPSA) is 51.8 Å². The highest BCUT2D eigenvalue weighted by atomic mass is 32.2. The lowest BCUT2D eigenvalue weighted by atomic mass is 10.1. The Morgan fingerprint density at radius 3 is 2.59 bits per heavy atom. The van der Waals surface area contributed by atoms with E-state index in [1.54, 1.807) is 0 Å². The Morgan fingerprint density at radius 1 is 1.35 bits per heavy atom. The lowest BCUT2D eigenvalue weighted by Crippen LogP contribution is -2.18. The standard InChI is InChI=1S/C13H21N3S/c1-10(14)6-11-7-15-13(16-8-11)9-17-12-4-2-3-5-12/h7-8,10,12H,2-6,9,14H2,1H3. The molecular formula is C13H21N3S. The molecule has 1 atom stereocenters. The predicted octanol–water partition coefficient (Wildman–Crippen LogP) is 2.54. The van der Waals surface area contributed by atoms with Gasteiger partial charge < -0.3 is 5.73 Å². The van der Waals surface area contributed by atoms with Crippen LogP contribution in [0.15, 0.2) is 12.4 Å². The van der Waals surface area contributed by atoms with E-state index in [9.17, 15) is 0 Å². The van der Waals surface area contributed by atoms with Crippen molar-refractivity contribution in [1.29, 1.82) is 0 Å². The first-order chi connectivity index (χ1) is 8.24. The van der Waals surface area contributed by atoms with Crippen LogP contribution in [0.2, 0.25) is 0 Å². The van der Waals surface area contributed by atoms with Gasteiger partial charge in [0.1, 0.15) is 5.82 Å². The van der Waals surface area contributed by atoms with Gasteiger partial charge in [-0.15, -0.1) is 0 Å². The third kappa shape index (κ3) is 4.28. The summed E-state index contributed by atoms with van der Waals surface area (Å²) in [5.74, 6) is 1.90. The summed E-state index contributed by atoms with van der Waals surface area (Å²) in [6, 6.07) is 0.178. The van der Waals surface area contributed by atoms with Gasteiger partial charge in [-0.25, -0.2) is 9.97 Å². The van der Waals surface area contributed by atoms with Crippen LogP contribution < -0.4 is 5.73 Å². The van der Waals surface area contributed by atoms with Gasteiger partial charge in [0.2, 0.25) is 0 Å². The van der Waals surface area contributed by atoms with Crippen molar-refractivity contribution >= 4 is 11.8 Å². The van der Waals surface area contributed by atoms with Gasteiger partial charge in [0.25, 0.3) is 0 Å². The molecule has 2 rings (SSSR count). The maximum atomic E-state index is 5.74. The molecule has 0 aliphatic heterocycles. The Balaban J connectivity index is 1.80. The zero-order valence-electron chi connectivity index (χ0n) is 10.4. The average Bonchev–Trinajstić information content (AvgIpc) is 2.80. The van der Waals surface area contributed by atoms with E-state index in [4.69, 9.17) is 5.73 Å². The number of thioether (sulfide) groups is 1. The normalized spacial score (nSPS) is 18.5. The number of nitrogens with zero attached hydrogens (tertiary/aromatic N) is 2. The quantitative estimate of drug-likeness (QED) is 0.873. The zero-order chi connectivity index (χ0) is 12.1. The first kappa shape index (κ1) is 12.8. The highest BCUT2D eigenvalue weighted by molar-refractivity contribution is 7.99. The van der Waals surface area contributed by atoms with Crippen molar-refractivity contribution in [3.8, 4) is 0 Å². The lowest BCUT2D eigenvalue weighted by Gasteiger charge is -2.08. The Kier molecular flexibility index (Phi) is 4.80. The molecule has 1 unspecified atom stereocenters. The van der Waals surface area contributed by atoms with Crippen LogP contribution in [0, 0.1) is 0 Å². The van der Waals surface area contributed by atoms with Crippen LogP contribution in [0.1, 0.15) is 44.0 Å². The van der Waals surface area contributed by atoms with Gasteiger partial charge in [0, 0.05) is 23.7 Å². The Labute approximate surface area is 108 Å². The molecule has 1 aromatic heterocycles. The smallest absolute Gasteiger partial charge is 0.138 e. The van der Waals surface area contributed by atoms with Crippen molar-refractivity contribution in [2.75, 3.05) is 0 Å². The average molecular weight is 251 g/mol. The van der Waals surface area contributed by atoms with Crippen LogP contribution in [-0.4, -0.2) is 21.3 Å². The molecule has 0 bridgehead atoms. The van der Waals surface area contributed by atoms with Crippen LogP contribution in [0.5, 0.6) is 0 Å². The summed E-state index contributed by atoms with van der Waals surface area (Å²) >= 11 is 2.01. The van der Waals surface area contributed by atoms with Crippen LogP contribution in [0.3, 0.4) is 0 Å². The second-order valence-corrected chi connectivity index (χ2v) is 6.20. The van der Waals surface area contributed by atoms with E-state index >= 15 is 0 Å². The van der Waals surface area contributed by atoms with Gasteiger partial charge in [-0.3, -0.25) is 0 Å². The molecule has 1 aliphatic rings. The Morgan fingerprint density at radius 2 is 2.00 bits per heavy atom. The first-order valence-corrected chi connectivity index (χ1v) is 7.46. The number of hydrogen-bond donors (Lipinski definition) is 1. The molecule has 0 radical (unpaired) electrons. The van der Waals surface area contributed by atoms with Gasteiger partial charge >= 0.3 is 0 Å². The number of nitrogens with two attached hydrogens (primary N) is 1. The molecular weight excluding hydrogens is 230 g/mol. The van der Waals surface area contributed by atoms with Gasteiger partial charge in [0.15, 0.2) is 0 Å². The molecule has 4 heteroatoms. The van der Waals surface area contributed by atoms with Gasteiger partial charge in [-0.05, 0) is 31.7 Å². The first-order valence-electron chi connectivity index (χ1n) is 6.41. The van der Waals surface area contributed by atoms with E-state index in [1.807, 2.05) is 31.1 Å². The number of rotatable bonds is 5. The predicted molar refractivity (Wildman–Crippen MR) is 72.9 cm³/mol. The van der Waals surface area contributed by atoms with Gasteiger partial charge in [0.05, 0.1) is 5.75 Å². The van der Waals surface area contributed by atoms with Crippen LogP contribution in [0.4, 0.5) is 0 Å². The molecule has 1 aromatic rings. The van der Waals surface area contributed by atoms with E-state index in [-0.39, 0.29) is 6.04 Å². The fourth-order valence-electron chi connectivity index (χ4n) is 2.18. The molecule has 1 saturated carbocycles. The van der Waals surface area contributed by atoms with Crippen LogP contribution in [0.25, 0.3) is 0 Å². The summed E-state index contributed by atoms with van der Waals surface area (Å²) < 4.78 is 0. The second kappa shape index (κ2) is 6.36. The summed E-state index contributed by atoms with van der Waals surface area (Å²) in [5, 5.41) is 0.836. The molecule has 1 fully saturated rings. The minimum atomic E-state index is 0.178. The minimum absolute atomic E-state index is 0.178. The molecule has 2 N–H and O–H groups in total. The summed E-state index contributed by atoms with van der Waals surface area (Å²) in [6.07, 6.45) is 10.2. The van der Waals surface area contributed by atoms with Crippen molar-refractivity contribution < 1.29 is 0 Å². The molecule has 17 heavy (non-hydrogen) atoms. The summed E-state index contributed by atoms with van der Waals surface area (Å²) in [6.45, 7) is 2.00. The second-order valence-electron chi connectivity index (χ2n) is 4.91. The molecule has 0 spiro atoms. The van der Waals surface area contributed by atoms with Gasteiger partial charge in [-0.1, -0.05) is 12.8 Å². The molecule has 94 valence electrons. The number of hydrogen-bond acceptors (Lipinski definition) is 4. The molecule has 0 amide bonds. The van der Waals surface area contributed by atoms with E-state index in [1.165, 1.54) is 25.7 Å². The van der Waals surface area contributed by atoms with Crippen LogP contribution in [-0.2, 0) is 12.2 Å². The van der Waals surface area contributed by atoms with Crippen molar-refractivity contribution in [2.45, 2.75) is 56.1 Å². The maximum absolute atomic E-state index is 5.74. The molecule has 3 nitrogen and oxygen atoms in total. The zero-order valence-corrected chi connectivity index (χ0v) is 11.2. The summed E-state index contributed by atoms with van der Waals surface area (Å²) in [4.78, 5) is 8.81. The van der Waals surface area contributed by atoms with Crippen molar-refractivity contribution in [3.05, 3.63) is 23.8 Å². The molecule has 0 saturated heterocycles. The van der Waals surface area contributed by atoms with E-state index in [0.29, 0.717) is 0 Å². The minimum Gasteiger partial charge on any atom is -0.328 e. The SMILES string of the molecule is CC(N)Cc1cnc(CSC2CCCC2)nc1. The van der Waals surface area contributed by atoms with Gasteiger partial charge in [-0.2, -0.15) is 11.8 Å². The van der Waals surface area contributed by atoms with Crippen molar-refractivity contribution in [1.82, 2.24) is 9.97 Å². The summed E-state index contributed by atoms with van der Waals surface area (Å²) in [5.41, 5.74) is 6.88. The van der Waals surface area contributed by atoms with E-state index in [0.717, 1.165) is 28.8 Å². The van der Waals surface area contributed by atoms with Crippen molar-refractivity contribution in [2.24, 2.45) is 5.73 Å². The Hall–Kier alpha value is -0.610. The number of aromatic nitrogens is 2. The lowest BCUT2D eigenvalue weighted by molar-refractivity contribution is 0.730. The van der Waals surface area contributed by atoms with E-state index in [2.05, 4.69) is 9.97 Å². The third-order valence-corrected chi connectivity index (χ3v) is 4.43. The van der Waals surface area contributed by atoms with Crippen molar-refractivity contribution in [3.63, 3.8) is 0 Å². The molecule has 0 aromatic carbocycles. The highest BCUT2D eigenvalue weighted by Gasteiger charge is 2.15. The summed E-state index contributed by atoms with van der Waals surface area (Å²) in [7, 11) is 0. The largest absolute Gasteiger partial charge is 0.328 e. The van der Waals surface area contributed by atoms with E-state index < -0.39 is 0 Å².